The number of allylic oxidation sites excluding steroid dienone is 14. The Morgan fingerprint density at radius 1 is 0.260 bits per heavy atom. The predicted molar refractivity (Wildman–Crippen MR) is 334 cm³/mol. The minimum atomic E-state index is -0.809. The lowest BCUT2D eigenvalue weighted by Gasteiger charge is -2.18. The Morgan fingerprint density at radius 2 is 0.494 bits per heavy atom. The standard InChI is InChI=1S/C71H124O6/c1-4-7-10-13-16-19-22-25-28-31-34-35-38-40-43-46-49-52-55-58-61-64-70(73)76-67-68(77-71(74)65-62-59-56-53-50-47-44-41-37-33-30-27-24-21-18-15-12-9-6-3)66-75-69(72)63-60-57-54-51-48-45-42-39-36-32-29-26-23-20-17-14-11-8-5-2/h17,20,25-30,36,39,45,48,54,57,68H,4-16,18-19,21-24,31-35,37-38,40-44,46-47,49-53,55-56,58-67H2,1-3H3/b20-17-,28-25-,29-26-,30-27-,39-36-,48-45-,57-54-/t68-/m1/s1. The molecule has 0 N–H and O–H groups in total. The van der Waals surface area contributed by atoms with Crippen LogP contribution in [0.25, 0.3) is 0 Å². The van der Waals surface area contributed by atoms with Crippen molar-refractivity contribution >= 4 is 17.9 Å². The molecule has 0 saturated carbocycles. The average Bonchev–Trinajstić information content (AvgIpc) is 3.43. The van der Waals surface area contributed by atoms with E-state index in [4.69, 9.17) is 14.2 Å². The summed E-state index contributed by atoms with van der Waals surface area (Å²) >= 11 is 0. The fourth-order valence-corrected chi connectivity index (χ4v) is 9.36. The van der Waals surface area contributed by atoms with E-state index in [2.05, 4.69) is 99.8 Å². The minimum Gasteiger partial charge on any atom is -0.462 e. The van der Waals surface area contributed by atoms with Gasteiger partial charge in [0.25, 0.3) is 0 Å². The molecule has 0 aliphatic carbocycles. The van der Waals surface area contributed by atoms with Crippen LogP contribution in [0, 0.1) is 0 Å². The van der Waals surface area contributed by atoms with Gasteiger partial charge in [0.1, 0.15) is 13.2 Å². The minimum absolute atomic E-state index is 0.0989. The molecular formula is C71H124O6. The molecule has 0 amide bonds. The summed E-state index contributed by atoms with van der Waals surface area (Å²) in [6.07, 6.45) is 86.0. The quantitative estimate of drug-likeness (QED) is 0.0261. The van der Waals surface area contributed by atoms with E-state index in [0.717, 1.165) is 64.2 Å². The van der Waals surface area contributed by atoms with Gasteiger partial charge in [-0.3, -0.25) is 14.4 Å². The summed E-state index contributed by atoms with van der Waals surface area (Å²) < 4.78 is 16.9. The fourth-order valence-electron chi connectivity index (χ4n) is 9.36. The second-order valence-electron chi connectivity index (χ2n) is 22.0. The third-order valence-corrected chi connectivity index (χ3v) is 14.4. The van der Waals surface area contributed by atoms with Crippen LogP contribution in [0.1, 0.15) is 329 Å². The molecule has 0 aliphatic rings. The molecule has 0 aromatic heterocycles. The molecule has 0 aliphatic heterocycles. The molecule has 0 rings (SSSR count). The van der Waals surface area contributed by atoms with Gasteiger partial charge in [-0.1, -0.05) is 286 Å². The lowest BCUT2D eigenvalue weighted by atomic mass is 10.0. The van der Waals surface area contributed by atoms with Gasteiger partial charge in [-0.25, -0.2) is 0 Å². The highest BCUT2D eigenvalue weighted by atomic mass is 16.6. The molecule has 77 heavy (non-hydrogen) atoms. The van der Waals surface area contributed by atoms with Crippen molar-refractivity contribution in [2.75, 3.05) is 13.2 Å². The first kappa shape index (κ1) is 73.6. The molecule has 0 aromatic carbocycles. The maximum atomic E-state index is 12.9. The molecule has 0 radical (unpaired) electrons. The first-order valence-electron chi connectivity index (χ1n) is 33.1. The van der Waals surface area contributed by atoms with Crippen molar-refractivity contribution in [2.24, 2.45) is 0 Å². The van der Waals surface area contributed by atoms with Gasteiger partial charge in [-0.05, 0) is 109 Å². The van der Waals surface area contributed by atoms with Gasteiger partial charge in [0, 0.05) is 19.3 Å². The van der Waals surface area contributed by atoms with Crippen LogP contribution in [0.5, 0.6) is 0 Å². The molecule has 444 valence electrons. The zero-order chi connectivity index (χ0) is 55.7. The molecule has 0 fully saturated rings. The number of carbonyl (C=O) groups is 3. The summed E-state index contributed by atoms with van der Waals surface area (Å²) in [5.41, 5.74) is 0. The molecule has 0 aromatic rings. The number of rotatable bonds is 60. The van der Waals surface area contributed by atoms with Gasteiger partial charge in [0.05, 0.1) is 0 Å². The lowest BCUT2D eigenvalue weighted by molar-refractivity contribution is -0.166. The van der Waals surface area contributed by atoms with E-state index in [0.29, 0.717) is 19.3 Å². The SMILES string of the molecule is CCCCC/C=C\C/C=C\C/C=C\C/C=C\C/C=C\CCC(=O)OC[C@H](COC(=O)CCCCCCCCCCCCC/C=C\CCCCCCCC)OC(=O)CCCCCCCCCCC/C=C\CCCCCCCC. The van der Waals surface area contributed by atoms with Crippen LogP contribution >= 0.6 is 0 Å². The fraction of sp³-hybridized carbons (Fsp3) is 0.761. The first-order chi connectivity index (χ1) is 38.0. The van der Waals surface area contributed by atoms with Gasteiger partial charge in [0.2, 0.25) is 0 Å². The maximum absolute atomic E-state index is 12.9. The molecule has 0 bridgehead atoms. The van der Waals surface area contributed by atoms with Gasteiger partial charge < -0.3 is 14.2 Å². The normalized spacial score (nSPS) is 12.6. The zero-order valence-electron chi connectivity index (χ0n) is 51.0. The highest BCUT2D eigenvalue weighted by molar-refractivity contribution is 5.71. The Morgan fingerprint density at radius 3 is 0.844 bits per heavy atom. The Bertz CT molecular complexity index is 1470. The molecular weight excluding hydrogens is 949 g/mol. The van der Waals surface area contributed by atoms with Crippen molar-refractivity contribution in [1.82, 2.24) is 0 Å². The number of carbonyl (C=O) groups excluding carboxylic acids is 3. The Labute approximate surface area is 477 Å². The maximum Gasteiger partial charge on any atom is 0.306 e. The smallest absolute Gasteiger partial charge is 0.306 e. The van der Waals surface area contributed by atoms with Gasteiger partial charge in [-0.2, -0.15) is 0 Å². The number of esters is 3. The van der Waals surface area contributed by atoms with Crippen LogP contribution in [-0.2, 0) is 28.6 Å². The van der Waals surface area contributed by atoms with Gasteiger partial charge in [0.15, 0.2) is 6.10 Å². The van der Waals surface area contributed by atoms with Crippen LogP contribution in [0.2, 0.25) is 0 Å². The van der Waals surface area contributed by atoms with E-state index in [1.54, 1.807) is 0 Å². The third kappa shape index (κ3) is 63.3. The van der Waals surface area contributed by atoms with Crippen molar-refractivity contribution in [3.8, 4) is 0 Å². The summed E-state index contributed by atoms with van der Waals surface area (Å²) in [5.74, 6) is -0.974. The van der Waals surface area contributed by atoms with Crippen molar-refractivity contribution in [1.29, 1.82) is 0 Å². The van der Waals surface area contributed by atoms with E-state index in [9.17, 15) is 14.4 Å². The Hall–Kier alpha value is -3.41. The van der Waals surface area contributed by atoms with Gasteiger partial charge in [-0.15, -0.1) is 0 Å². The van der Waals surface area contributed by atoms with Crippen molar-refractivity contribution in [3.63, 3.8) is 0 Å². The molecule has 6 nitrogen and oxygen atoms in total. The summed E-state index contributed by atoms with van der Waals surface area (Å²) in [7, 11) is 0. The summed E-state index contributed by atoms with van der Waals surface area (Å²) in [4.78, 5) is 38.3. The molecule has 0 heterocycles. The summed E-state index contributed by atoms with van der Waals surface area (Å²) in [5, 5.41) is 0. The predicted octanol–water partition coefficient (Wildman–Crippen LogP) is 22.7. The largest absolute Gasteiger partial charge is 0.462 e. The van der Waals surface area contributed by atoms with E-state index in [-0.39, 0.29) is 37.5 Å². The summed E-state index contributed by atoms with van der Waals surface area (Å²) in [6.45, 7) is 6.58. The molecule has 1 atom stereocenters. The first-order valence-corrected chi connectivity index (χ1v) is 33.1. The van der Waals surface area contributed by atoms with E-state index < -0.39 is 6.10 Å². The van der Waals surface area contributed by atoms with E-state index in [1.807, 2.05) is 6.08 Å². The highest BCUT2D eigenvalue weighted by Crippen LogP contribution is 2.16. The van der Waals surface area contributed by atoms with Gasteiger partial charge >= 0.3 is 17.9 Å². The van der Waals surface area contributed by atoms with Crippen molar-refractivity contribution in [3.05, 3.63) is 85.1 Å². The monoisotopic (exact) mass is 1070 g/mol. The number of hydrogen-bond acceptors (Lipinski definition) is 6. The van der Waals surface area contributed by atoms with Crippen molar-refractivity contribution in [2.45, 2.75) is 335 Å². The molecule has 0 unspecified atom stereocenters. The second-order valence-corrected chi connectivity index (χ2v) is 22.0. The number of unbranched alkanes of at least 4 members (excludes halogenated alkanes) is 35. The van der Waals surface area contributed by atoms with E-state index in [1.165, 1.54) is 218 Å². The van der Waals surface area contributed by atoms with Crippen LogP contribution in [0.4, 0.5) is 0 Å². The van der Waals surface area contributed by atoms with Crippen LogP contribution < -0.4 is 0 Å². The highest BCUT2D eigenvalue weighted by Gasteiger charge is 2.19. The summed E-state index contributed by atoms with van der Waals surface area (Å²) in [6, 6.07) is 0. The molecule has 0 spiro atoms. The van der Waals surface area contributed by atoms with E-state index >= 15 is 0 Å². The zero-order valence-corrected chi connectivity index (χ0v) is 51.0. The van der Waals surface area contributed by atoms with Crippen LogP contribution in [0.15, 0.2) is 85.1 Å². The molecule has 0 saturated heterocycles. The average molecular weight is 1070 g/mol. The van der Waals surface area contributed by atoms with Crippen LogP contribution in [0.3, 0.4) is 0 Å². The number of hydrogen-bond donors (Lipinski definition) is 0. The second kappa shape index (κ2) is 65.1. The lowest BCUT2D eigenvalue weighted by Crippen LogP contribution is -2.30. The topological polar surface area (TPSA) is 78.9 Å². The molecule has 6 heteroatoms. The van der Waals surface area contributed by atoms with Crippen molar-refractivity contribution < 1.29 is 28.6 Å². The Balaban J connectivity index is 4.45. The Kier molecular flexibility index (Phi) is 62.2. The third-order valence-electron chi connectivity index (χ3n) is 14.4. The number of ether oxygens (including phenoxy) is 3. The van der Waals surface area contributed by atoms with Crippen LogP contribution in [-0.4, -0.2) is 37.2 Å².